The molecule has 0 radical (unpaired) electrons. The first-order valence-corrected chi connectivity index (χ1v) is 13.9. The predicted molar refractivity (Wildman–Crippen MR) is 149 cm³/mol. The van der Waals surface area contributed by atoms with Crippen molar-refractivity contribution in [1.82, 2.24) is 10.2 Å². The maximum absolute atomic E-state index is 13.8. The number of nitrogens with zero attached hydrogens (tertiary/aromatic N) is 2. The van der Waals surface area contributed by atoms with Crippen LogP contribution in [0.25, 0.3) is 0 Å². The summed E-state index contributed by atoms with van der Waals surface area (Å²) in [5, 5.41) is 2.75. The molecule has 0 aliphatic carbocycles. The van der Waals surface area contributed by atoms with Crippen LogP contribution in [0.3, 0.4) is 0 Å². The van der Waals surface area contributed by atoms with Crippen LogP contribution in [-0.4, -0.2) is 51.4 Å². The van der Waals surface area contributed by atoms with Crippen molar-refractivity contribution in [3.05, 3.63) is 89.5 Å². The van der Waals surface area contributed by atoms with E-state index in [2.05, 4.69) is 5.32 Å². The van der Waals surface area contributed by atoms with Crippen molar-refractivity contribution >= 4 is 27.5 Å². The van der Waals surface area contributed by atoms with Crippen LogP contribution in [0.2, 0.25) is 0 Å². The molecular weight excluding hydrogens is 502 g/mol. The average molecular weight is 538 g/mol. The molecule has 0 fully saturated rings. The van der Waals surface area contributed by atoms with Gasteiger partial charge in [0, 0.05) is 13.1 Å². The van der Waals surface area contributed by atoms with Gasteiger partial charge >= 0.3 is 0 Å². The third-order valence-corrected chi connectivity index (χ3v) is 8.00. The number of likely N-dealkylation sites (N-methyl/N-ethyl adjacent to an activating group) is 1. The number of carbonyl (C=O) groups excluding carboxylic acids is 2. The summed E-state index contributed by atoms with van der Waals surface area (Å²) in [6.07, 6.45) is 0. The van der Waals surface area contributed by atoms with E-state index in [0.29, 0.717) is 18.0 Å². The van der Waals surface area contributed by atoms with Crippen LogP contribution in [0.4, 0.5) is 5.69 Å². The lowest BCUT2D eigenvalue weighted by atomic mass is 10.1. The highest BCUT2D eigenvalue weighted by molar-refractivity contribution is 7.92. The van der Waals surface area contributed by atoms with Crippen molar-refractivity contribution in [3.63, 3.8) is 0 Å². The maximum atomic E-state index is 13.8. The molecule has 1 N–H and O–H groups in total. The number of hydrogen-bond donors (Lipinski definition) is 1. The number of methoxy groups -OCH3 is 1. The lowest BCUT2D eigenvalue weighted by molar-refractivity contribution is -0.139. The molecule has 3 aromatic carbocycles. The van der Waals surface area contributed by atoms with Gasteiger partial charge in [0.15, 0.2) is 0 Å². The molecule has 38 heavy (non-hydrogen) atoms. The van der Waals surface area contributed by atoms with E-state index in [1.54, 1.807) is 63.4 Å². The zero-order valence-corrected chi connectivity index (χ0v) is 23.3. The van der Waals surface area contributed by atoms with Gasteiger partial charge in [-0.25, -0.2) is 8.42 Å². The van der Waals surface area contributed by atoms with E-state index in [0.717, 1.165) is 21.0 Å². The quantitative estimate of drug-likeness (QED) is 0.398. The number of nitrogens with one attached hydrogen (secondary N) is 1. The maximum Gasteiger partial charge on any atom is 0.264 e. The van der Waals surface area contributed by atoms with E-state index in [-0.39, 0.29) is 17.3 Å². The Bertz CT molecular complexity index is 1360. The van der Waals surface area contributed by atoms with Crippen molar-refractivity contribution in [1.29, 1.82) is 0 Å². The number of aryl methyl sites for hydroxylation is 2. The molecule has 2 amide bonds. The zero-order chi connectivity index (χ0) is 27.9. The normalized spacial score (nSPS) is 11.9. The largest absolute Gasteiger partial charge is 0.497 e. The average Bonchev–Trinajstić information content (AvgIpc) is 2.90. The topological polar surface area (TPSA) is 96.0 Å². The number of sulfonamides is 1. The van der Waals surface area contributed by atoms with Crippen molar-refractivity contribution in [3.8, 4) is 5.75 Å². The highest BCUT2D eigenvalue weighted by Crippen LogP contribution is 2.26. The van der Waals surface area contributed by atoms with Gasteiger partial charge in [-0.3, -0.25) is 13.9 Å². The number of rotatable bonds is 11. The second-order valence-electron chi connectivity index (χ2n) is 9.10. The van der Waals surface area contributed by atoms with Gasteiger partial charge in [0.05, 0.1) is 17.7 Å². The molecule has 0 saturated carbocycles. The summed E-state index contributed by atoms with van der Waals surface area (Å²) in [6.45, 7) is 7.22. The minimum atomic E-state index is -4.09. The van der Waals surface area contributed by atoms with E-state index in [4.69, 9.17) is 4.74 Å². The fourth-order valence-electron chi connectivity index (χ4n) is 3.98. The standard InChI is InChI=1S/C29H35N3O5S/c1-6-30-29(34)23(4)31(19-24-12-14-26(37-5)15-13-24)28(33)20-32(25-9-7-8-22(3)18-25)38(35,36)27-16-10-21(2)11-17-27/h7-18,23H,6,19-20H2,1-5H3,(H,30,34). The number of ether oxygens (including phenoxy) is 1. The minimum absolute atomic E-state index is 0.0795. The summed E-state index contributed by atoms with van der Waals surface area (Å²) in [5.74, 6) is -0.159. The van der Waals surface area contributed by atoms with Gasteiger partial charge in [-0.15, -0.1) is 0 Å². The Labute approximate surface area is 225 Å². The highest BCUT2D eigenvalue weighted by atomic mass is 32.2. The molecule has 0 aliphatic rings. The lowest BCUT2D eigenvalue weighted by Gasteiger charge is -2.32. The van der Waals surface area contributed by atoms with Gasteiger partial charge in [0.2, 0.25) is 11.8 Å². The van der Waals surface area contributed by atoms with Crippen LogP contribution in [0.1, 0.15) is 30.5 Å². The van der Waals surface area contributed by atoms with E-state index in [1.165, 1.54) is 17.0 Å². The first-order valence-electron chi connectivity index (χ1n) is 12.4. The Morgan fingerprint density at radius 3 is 2.18 bits per heavy atom. The molecule has 0 spiro atoms. The molecule has 0 aliphatic heterocycles. The molecular formula is C29H35N3O5S. The van der Waals surface area contributed by atoms with Crippen molar-refractivity contribution in [2.75, 3.05) is 24.5 Å². The van der Waals surface area contributed by atoms with E-state index in [9.17, 15) is 18.0 Å². The molecule has 3 rings (SSSR count). The van der Waals surface area contributed by atoms with Crippen LogP contribution in [0.5, 0.6) is 5.75 Å². The monoisotopic (exact) mass is 537 g/mol. The van der Waals surface area contributed by atoms with E-state index < -0.39 is 28.5 Å². The minimum Gasteiger partial charge on any atom is -0.497 e. The smallest absolute Gasteiger partial charge is 0.264 e. The summed E-state index contributed by atoms with van der Waals surface area (Å²) < 4.78 is 34.0. The van der Waals surface area contributed by atoms with Gasteiger partial charge in [-0.1, -0.05) is 42.0 Å². The SMILES string of the molecule is CCNC(=O)C(C)N(Cc1ccc(OC)cc1)C(=O)CN(c1cccc(C)c1)S(=O)(=O)c1ccc(C)cc1. The van der Waals surface area contributed by atoms with Crippen LogP contribution in [-0.2, 0) is 26.2 Å². The molecule has 1 atom stereocenters. The molecule has 0 heterocycles. The van der Waals surface area contributed by atoms with Gasteiger partial charge in [0.1, 0.15) is 18.3 Å². The first kappa shape index (κ1) is 28.7. The van der Waals surface area contributed by atoms with Gasteiger partial charge in [-0.05, 0) is 75.2 Å². The Morgan fingerprint density at radius 2 is 1.61 bits per heavy atom. The Hall–Kier alpha value is -3.85. The number of hydrogen-bond acceptors (Lipinski definition) is 5. The molecule has 202 valence electrons. The van der Waals surface area contributed by atoms with Crippen LogP contribution in [0, 0.1) is 13.8 Å². The van der Waals surface area contributed by atoms with E-state index >= 15 is 0 Å². The Morgan fingerprint density at radius 1 is 0.947 bits per heavy atom. The van der Waals surface area contributed by atoms with E-state index in [1.807, 2.05) is 32.0 Å². The molecule has 8 nitrogen and oxygen atoms in total. The van der Waals surface area contributed by atoms with Gasteiger partial charge < -0.3 is 15.0 Å². The zero-order valence-electron chi connectivity index (χ0n) is 22.5. The summed E-state index contributed by atoms with van der Waals surface area (Å²) >= 11 is 0. The molecule has 1 unspecified atom stereocenters. The second kappa shape index (κ2) is 12.6. The highest BCUT2D eigenvalue weighted by Gasteiger charge is 2.32. The summed E-state index contributed by atoms with van der Waals surface area (Å²) in [5.41, 5.74) is 2.92. The molecule has 3 aromatic rings. The summed E-state index contributed by atoms with van der Waals surface area (Å²) in [6, 6.07) is 19.8. The van der Waals surface area contributed by atoms with Crippen molar-refractivity contribution < 1.29 is 22.7 Å². The van der Waals surface area contributed by atoms with Gasteiger partial charge in [0.25, 0.3) is 10.0 Å². The van der Waals surface area contributed by atoms with Crippen LogP contribution < -0.4 is 14.4 Å². The summed E-state index contributed by atoms with van der Waals surface area (Å²) in [4.78, 5) is 28.1. The summed E-state index contributed by atoms with van der Waals surface area (Å²) in [7, 11) is -2.52. The van der Waals surface area contributed by atoms with Gasteiger partial charge in [-0.2, -0.15) is 0 Å². The lowest BCUT2D eigenvalue weighted by Crippen LogP contribution is -2.51. The molecule has 0 saturated heterocycles. The number of anilines is 1. The fourth-order valence-corrected chi connectivity index (χ4v) is 5.39. The van der Waals surface area contributed by atoms with Crippen molar-refractivity contribution in [2.24, 2.45) is 0 Å². The molecule has 0 bridgehead atoms. The fraction of sp³-hybridized carbons (Fsp3) is 0.310. The van der Waals surface area contributed by atoms with Crippen LogP contribution in [0.15, 0.2) is 77.7 Å². The number of benzene rings is 3. The van der Waals surface area contributed by atoms with Crippen LogP contribution >= 0.6 is 0 Å². The predicted octanol–water partition coefficient (Wildman–Crippen LogP) is 4.06. The number of amides is 2. The third kappa shape index (κ3) is 6.92. The molecule has 0 aromatic heterocycles. The van der Waals surface area contributed by atoms with Crippen molar-refractivity contribution in [2.45, 2.75) is 45.2 Å². The molecule has 9 heteroatoms. The third-order valence-electron chi connectivity index (χ3n) is 6.21. The number of carbonyl (C=O) groups is 2. The Balaban J connectivity index is 2.02. The Kier molecular flexibility index (Phi) is 9.52. The first-order chi connectivity index (χ1) is 18.1. The second-order valence-corrected chi connectivity index (χ2v) is 11.0.